The van der Waals surface area contributed by atoms with E-state index in [-0.39, 0.29) is 20.4 Å². The summed E-state index contributed by atoms with van der Waals surface area (Å²) in [5.74, 6) is -2.43. The van der Waals surface area contributed by atoms with E-state index in [1.807, 2.05) is 0 Å². The fraction of sp³-hybridized carbons (Fsp3) is 0. The second-order valence-electron chi connectivity index (χ2n) is 3.59. The Morgan fingerprint density at radius 2 is 1.89 bits per heavy atom. The predicted molar refractivity (Wildman–Crippen MR) is 68.9 cm³/mol. The van der Waals surface area contributed by atoms with E-state index in [9.17, 15) is 13.6 Å². The van der Waals surface area contributed by atoms with Gasteiger partial charge in [0.2, 0.25) is 0 Å². The number of hydrogen-bond donors (Lipinski definition) is 1. The van der Waals surface area contributed by atoms with Gasteiger partial charge in [0.15, 0.2) is 0 Å². The molecule has 19 heavy (non-hydrogen) atoms. The average Bonchev–Trinajstić information content (AvgIpc) is 2.33. The Kier molecular flexibility index (Phi) is 4.07. The summed E-state index contributed by atoms with van der Waals surface area (Å²) in [6.07, 6.45) is 0. The molecule has 2 aromatic carbocycles. The van der Waals surface area contributed by atoms with Crippen molar-refractivity contribution in [1.82, 2.24) is 0 Å². The molecule has 2 nitrogen and oxygen atoms in total. The topological polar surface area (TPSA) is 37.3 Å². The van der Waals surface area contributed by atoms with E-state index in [1.165, 1.54) is 12.1 Å². The molecule has 0 spiro atoms. The molecule has 0 unspecified atom stereocenters. The van der Waals surface area contributed by atoms with Crippen LogP contribution in [0.1, 0.15) is 10.4 Å². The number of carboxylic acids is 1. The Morgan fingerprint density at radius 3 is 2.58 bits per heavy atom. The smallest absolute Gasteiger partial charge is 0.338 e. The maximum Gasteiger partial charge on any atom is 0.338 e. The average molecular weight is 301 g/mol. The maximum absolute atomic E-state index is 13.5. The summed E-state index contributed by atoms with van der Waals surface area (Å²) in [7, 11) is 0. The van der Waals surface area contributed by atoms with E-state index < -0.39 is 17.6 Å². The maximum atomic E-state index is 13.5. The van der Waals surface area contributed by atoms with Crippen LogP contribution in [0.4, 0.5) is 8.78 Å². The molecule has 0 amide bonds. The van der Waals surface area contributed by atoms with Gasteiger partial charge in [0, 0.05) is 4.90 Å². The summed E-state index contributed by atoms with van der Waals surface area (Å²) >= 11 is 6.62. The van der Waals surface area contributed by atoms with Crippen LogP contribution in [0.2, 0.25) is 5.02 Å². The zero-order valence-electron chi connectivity index (χ0n) is 9.36. The van der Waals surface area contributed by atoms with Crippen LogP contribution < -0.4 is 0 Å². The molecule has 0 aliphatic heterocycles. The minimum atomic E-state index is -1.22. The lowest BCUT2D eigenvalue weighted by molar-refractivity contribution is 0.0693. The molecule has 0 aliphatic rings. The van der Waals surface area contributed by atoms with E-state index in [1.54, 1.807) is 6.07 Å². The third-order valence-corrected chi connectivity index (χ3v) is 3.71. The fourth-order valence-corrected chi connectivity index (χ4v) is 2.80. The van der Waals surface area contributed by atoms with Gasteiger partial charge in [-0.1, -0.05) is 29.4 Å². The molecule has 2 aromatic rings. The number of carbonyl (C=O) groups is 1. The fourth-order valence-electron chi connectivity index (χ4n) is 1.47. The summed E-state index contributed by atoms with van der Waals surface area (Å²) in [5.41, 5.74) is -0.127. The molecule has 1 N–H and O–H groups in total. The predicted octanol–water partition coefficient (Wildman–Crippen LogP) is 4.47. The van der Waals surface area contributed by atoms with Crippen molar-refractivity contribution >= 4 is 29.3 Å². The lowest BCUT2D eigenvalue weighted by Gasteiger charge is -2.08. The van der Waals surface area contributed by atoms with Crippen molar-refractivity contribution in [2.75, 3.05) is 0 Å². The second-order valence-corrected chi connectivity index (χ2v) is 5.09. The summed E-state index contributed by atoms with van der Waals surface area (Å²) in [4.78, 5) is 11.4. The van der Waals surface area contributed by atoms with Gasteiger partial charge in [-0.15, -0.1) is 0 Å². The molecule has 0 radical (unpaired) electrons. The molecular formula is C13H7ClF2O2S. The summed E-state index contributed by atoms with van der Waals surface area (Å²) < 4.78 is 26.6. The first-order valence-corrected chi connectivity index (χ1v) is 6.33. The molecule has 0 fully saturated rings. The van der Waals surface area contributed by atoms with Crippen LogP contribution >= 0.6 is 23.4 Å². The number of aromatic carboxylic acids is 1. The van der Waals surface area contributed by atoms with Crippen LogP contribution in [-0.4, -0.2) is 11.1 Å². The molecule has 0 saturated heterocycles. The second kappa shape index (κ2) is 5.59. The number of halogens is 3. The molecule has 6 heteroatoms. The first-order valence-electron chi connectivity index (χ1n) is 5.13. The lowest BCUT2D eigenvalue weighted by Crippen LogP contribution is -2.00. The molecule has 0 aliphatic carbocycles. The van der Waals surface area contributed by atoms with Crippen LogP contribution in [0, 0.1) is 11.6 Å². The van der Waals surface area contributed by atoms with Gasteiger partial charge in [0.1, 0.15) is 11.6 Å². The molecule has 98 valence electrons. The van der Waals surface area contributed by atoms with E-state index in [2.05, 4.69) is 0 Å². The minimum absolute atomic E-state index is 0.00441. The molecule has 0 bridgehead atoms. The van der Waals surface area contributed by atoms with Gasteiger partial charge in [-0.25, -0.2) is 13.6 Å². The van der Waals surface area contributed by atoms with Crippen molar-refractivity contribution in [2.45, 2.75) is 9.79 Å². The van der Waals surface area contributed by atoms with E-state index >= 15 is 0 Å². The Bertz CT molecular complexity index is 647. The van der Waals surface area contributed by atoms with E-state index in [0.29, 0.717) is 0 Å². The SMILES string of the molecule is O=C(O)c1c(Cl)cccc1Sc1cc(F)ccc1F. The largest absolute Gasteiger partial charge is 0.478 e. The normalized spacial score (nSPS) is 10.5. The van der Waals surface area contributed by atoms with Crippen LogP contribution in [0.3, 0.4) is 0 Å². The highest BCUT2D eigenvalue weighted by molar-refractivity contribution is 7.99. The number of carboxylic acid groups (broad SMARTS) is 1. The van der Waals surface area contributed by atoms with Gasteiger partial charge >= 0.3 is 5.97 Å². The lowest BCUT2D eigenvalue weighted by atomic mass is 10.2. The Labute approximate surface area is 117 Å². The highest BCUT2D eigenvalue weighted by atomic mass is 35.5. The quantitative estimate of drug-likeness (QED) is 0.909. The molecule has 0 aromatic heterocycles. The van der Waals surface area contributed by atoms with Crippen LogP contribution in [0.15, 0.2) is 46.2 Å². The summed E-state index contributed by atoms with van der Waals surface area (Å²) in [6, 6.07) is 7.46. The monoisotopic (exact) mass is 300 g/mol. The van der Waals surface area contributed by atoms with E-state index in [0.717, 1.165) is 30.0 Å². The Balaban J connectivity index is 2.46. The zero-order chi connectivity index (χ0) is 14.0. The van der Waals surface area contributed by atoms with Crippen molar-refractivity contribution in [3.8, 4) is 0 Å². The minimum Gasteiger partial charge on any atom is -0.478 e. The van der Waals surface area contributed by atoms with Gasteiger partial charge in [-0.3, -0.25) is 0 Å². The first-order chi connectivity index (χ1) is 8.99. The van der Waals surface area contributed by atoms with Crippen molar-refractivity contribution in [2.24, 2.45) is 0 Å². The molecule has 0 heterocycles. The Morgan fingerprint density at radius 1 is 1.16 bits per heavy atom. The van der Waals surface area contributed by atoms with Crippen LogP contribution in [0.5, 0.6) is 0 Å². The number of hydrogen-bond acceptors (Lipinski definition) is 2. The van der Waals surface area contributed by atoms with Crippen LogP contribution in [-0.2, 0) is 0 Å². The molecule has 2 rings (SSSR count). The number of benzene rings is 2. The molecule has 0 atom stereocenters. The summed E-state index contributed by atoms with van der Waals surface area (Å²) in [6.45, 7) is 0. The van der Waals surface area contributed by atoms with Gasteiger partial charge in [0.05, 0.1) is 15.5 Å². The zero-order valence-corrected chi connectivity index (χ0v) is 10.9. The molecular weight excluding hydrogens is 294 g/mol. The summed E-state index contributed by atoms with van der Waals surface area (Å²) in [5, 5.41) is 9.13. The van der Waals surface area contributed by atoms with Gasteiger partial charge in [-0.05, 0) is 30.3 Å². The van der Waals surface area contributed by atoms with Gasteiger partial charge in [-0.2, -0.15) is 0 Å². The van der Waals surface area contributed by atoms with Gasteiger partial charge < -0.3 is 5.11 Å². The molecule has 0 saturated carbocycles. The van der Waals surface area contributed by atoms with Gasteiger partial charge in [0.25, 0.3) is 0 Å². The van der Waals surface area contributed by atoms with Crippen molar-refractivity contribution in [1.29, 1.82) is 0 Å². The number of rotatable bonds is 3. The third-order valence-electron chi connectivity index (χ3n) is 2.30. The first kappa shape index (κ1) is 13.8. The van der Waals surface area contributed by atoms with Crippen molar-refractivity contribution in [3.05, 3.63) is 58.6 Å². The van der Waals surface area contributed by atoms with Crippen molar-refractivity contribution < 1.29 is 18.7 Å². The van der Waals surface area contributed by atoms with Crippen LogP contribution in [0.25, 0.3) is 0 Å². The standard InChI is InChI=1S/C13H7ClF2O2S/c14-8-2-1-3-10(12(8)13(17)18)19-11-6-7(15)4-5-9(11)16/h1-6H,(H,17,18). The highest BCUT2D eigenvalue weighted by Crippen LogP contribution is 2.35. The van der Waals surface area contributed by atoms with E-state index in [4.69, 9.17) is 16.7 Å². The Hall–Kier alpha value is -1.59. The van der Waals surface area contributed by atoms with Crippen molar-refractivity contribution in [3.63, 3.8) is 0 Å². The highest BCUT2D eigenvalue weighted by Gasteiger charge is 2.16. The third kappa shape index (κ3) is 3.05.